The van der Waals surface area contributed by atoms with Gasteiger partial charge in [-0.1, -0.05) is 0 Å². The van der Waals surface area contributed by atoms with E-state index in [1.54, 1.807) is 12.1 Å². The van der Waals surface area contributed by atoms with Crippen molar-refractivity contribution in [2.45, 2.75) is 12.8 Å². The van der Waals surface area contributed by atoms with Crippen molar-refractivity contribution < 1.29 is 19.7 Å². The summed E-state index contributed by atoms with van der Waals surface area (Å²) in [5.74, 6) is 0. The number of rotatable bonds is 4. The highest BCUT2D eigenvalue weighted by atomic mass is 16.6. The normalized spacial score (nSPS) is 13.0. The highest BCUT2D eigenvalue weighted by Gasteiger charge is 2.42. The molecule has 42 heavy (non-hydrogen) atoms. The third kappa shape index (κ3) is 3.44. The number of nitriles is 2. The minimum absolute atomic E-state index is 0.0891. The van der Waals surface area contributed by atoms with Crippen molar-refractivity contribution in [1.82, 2.24) is 0 Å². The van der Waals surface area contributed by atoms with E-state index < -0.39 is 66.7 Å². The third-order valence-electron chi connectivity index (χ3n) is 7.14. The van der Waals surface area contributed by atoms with Gasteiger partial charge in [0.05, 0.1) is 56.1 Å². The summed E-state index contributed by atoms with van der Waals surface area (Å²) in [6, 6.07) is 6.93. The molecule has 5 rings (SSSR count). The van der Waals surface area contributed by atoms with Crippen LogP contribution in [0.4, 0.5) is 22.7 Å². The van der Waals surface area contributed by atoms with Crippen molar-refractivity contribution in [3.63, 3.8) is 0 Å². The Morgan fingerprint density at radius 2 is 0.905 bits per heavy atom. The van der Waals surface area contributed by atoms with Crippen molar-refractivity contribution in [1.29, 1.82) is 10.5 Å². The van der Waals surface area contributed by atoms with Crippen LogP contribution in [0.25, 0.3) is 43.3 Å². The third-order valence-corrected chi connectivity index (χ3v) is 7.14. The second-order valence-electron chi connectivity index (χ2n) is 8.90. The summed E-state index contributed by atoms with van der Waals surface area (Å²) >= 11 is 0. The topological polar surface area (TPSA) is 229 Å². The Morgan fingerprint density at radius 1 is 0.595 bits per heavy atom. The van der Waals surface area contributed by atoms with Crippen molar-refractivity contribution in [3.05, 3.63) is 120 Å². The highest BCUT2D eigenvalue weighted by molar-refractivity contribution is 5.98. The fourth-order valence-electron chi connectivity index (χ4n) is 5.72. The molecule has 0 amide bonds. The van der Waals surface area contributed by atoms with E-state index in [2.05, 4.69) is 9.69 Å². The molecule has 0 fully saturated rings. The Bertz CT molecular complexity index is 2020. The minimum atomic E-state index is -0.827. The van der Waals surface area contributed by atoms with Crippen LogP contribution in [0, 0.1) is 76.3 Å². The summed E-state index contributed by atoms with van der Waals surface area (Å²) in [6.07, 6.45) is -0.957. The first kappa shape index (κ1) is 26.6. The standard InChI is InChI=1S/C26H8N8O8/c1-29-15(9-27)21-13-7-11-17(31(35)36)4-6-20(34(41)42)24(11)26(13)22(16(10-28)30-2)14-8-12-18(32(37)38)3-5-19(33(39)40)23(12)25(14)21/h3-6H,7-8H2/b21-15-,22-16+. The van der Waals surface area contributed by atoms with Crippen LogP contribution in [0.3, 0.4) is 0 Å². The summed E-state index contributed by atoms with van der Waals surface area (Å²) in [5, 5.41) is 67.3. The molecule has 0 atom stereocenters. The smallest absolute Gasteiger partial charge is 0.258 e. The second-order valence-corrected chi connectivity index (χ2v) is 8.90. The van der Waals surface area contributed by atoms with Crippen LogP contribution < -0.4 is 10.4 Å². The molecular formula is C26H8N8O8. The van der Waals surface area contributed by atoms with Crippen molar-refractivity contribution in [3.8, 4) is 34.4 Å². The highest BCUT2D eigenvalue weighted by Crippen LogP contribution is 2.49. The van der Waals surface area contributed by atoms with E-state index in [9.17, 15) is 51.0 Å². The Labute approximate surface area is 232 Å². The zero-order valence-electron chi connectivity index (χ0n) is 20.6. The van der Waals surface area contributed by atoms with E-state index >= 15 is 0 Å². The largest absolute Gasteiger partial charge is 0.277 e. The molecule has 0 aliphatic heterocycles. The summed E-state index contributed by atoms with van der Waals surface area (Å²) in [4.78, 5) is 51.3. The molecule has 2 aliphatic carbocycles. The number of nitrogens with zero attached hydrogens (tertiary/aromatic N) is 8. The maximum Gasteiger partial charge on any atom is 0.277 e. The maximum atomic E-state index is 12.1. The summed E-state index contributed by atoms with van der Waals surface area (Å²) in [7, 11) is 0. The zero-order valence-corrected chi connectivity index (χ0v) is 20.6. The molecule has 0 bridgehead atoms. The molecule has 0 unspecified atom stereocenters. The van der Waals surface area contributed by atoms with Crippen LogP contribution >= 0.6 is 0 Å². The van der Waals surface area contributed by atoms with Crippen LogP contribution in [0.15, 0.2) is 24.3 Å². The molecule has 0 radical (unpaired) electrons. The Balaban J connectivity index is 2.20. The molecule has 0 heterocycles. The van der Waals surface area contributed by atoms with Gasteiger partial charge in [0.25, 0.3) is 34.1 Å². The number of hydrogen-bond donors (Lipinski definition) is 0. The summed E-state index contributed by atoms with van der Waals surface area (Å²) in [5.41, 5.74) is -5.23. The number of fused-ring (bicyclic) bond motifs is 6. The first-order valence-corrected chi connectivity index (χ1v) is 11.4. The van der Waals surface area contributed by atoms with Gasteiger partial charge < -0.3 is 0 Å². The van der Waals surface area contributed by atoms with Gasteiger partial charge in [0, 0.05) is 58.7 Å². The molecule has 200 valence electrons. The van der Waals surface area contributed by atoms with Gasteiger partial charge in [0.15, 0.2) is 0 Å². The van der Waals surface area contributed by atoms with Crippen molar-refractivity contribution in [2.75, 3.05) is 0 Å². The van der Waals surface area contributed by atoms with E-state index in [1.807, 2.05) is 0 Å². The molecule has 0 spiro atoms. The molecule has 16 heteroatoms. The Kier molecular flexibility index (Phi) is 5.89. The quantitative estimate of drug-likeness (QED) is 0.176. The Morgan fingerprint density at radius 3 is 1.17 bits per heavy atom. The monoisotopic (exact) mass is 560 g/mol. The fourth-order valence-corrected chi connectivity index (χ4v) is 5.72. The number of nitro benzene ring substituents is 4. The second kappa shape index (κ2) is 9.31. The van der Waals surface area contributed by atoms with Gasteiger partial charge in [0.1, 0.15) is 0 Å². The lowest BCUT2D eigenvalue weighted by atomic mass is 9.89. The number of benzene rings is 3. The van der Waals surface area contributed by atoms with E-state index in [1.165, 1.54) is 0 Å². The van der Waals surface area contributed by atoms with Gasteiger partial charge >= 0.3 is 0 Å². The van der Waals surface area contributed by atoms with Gasteiger partial charge in [-0.3, -0.25) is 40.5 Å². The summed E-state index contributed by atoms with van der Waals surface area (Å²) < 4.78 is 0. The number of hydrogen-bond acceptors (Lipinski definition) is 10. The predicted molar refractivity (Wildman–Crippen MR) is 140 cm³/mol. The predicted octanol–water partition coefficient (Wildman–Crippen LogP) is 3.56. The lowest BCUT2D eigenvalue weighted by Gasteiger charge is -2.13. The Hall–Kier alpha value is -7.04. The molecule has 0 N–H and O–H groups in total. The van der Waals surface area contributed by atoms with E-state index in [-0.39, 0.29) is 54.9 Å². The van der Waals surface area contributed by atoms with Crippen molar-refractivity contribution in [2.24, 2.45) is 0 Å². The fraction of sp³-hybridized carbons (Fsp3) is 0.0769. The first-order chi connectivity index (χ1) is 20.0. The van der Waals surface area contributed by atoms with Crippen LogP contribution in [0.2, 0.25) is 0 Å². The minimum Gasteiger partial charge on any atom is -0.258 e. The van der Waals surface area contributed by atoms with Gasteiger partial charge in [-0.15, -0.1) is 0 Å². The summed E-state index contributed by atoms with van der Waals surface area (Å²) in [6.45, 7) is 15.3. The van der Waals surface area contributed by atoms with Gasteiger partial charge in [0.2, 0.25) is 0 Å². The zero-order chi connectivity index (χ0) is 30.6. The maximum absolute atomic E-state index is 12.1. The van der Waals surface area contributed by atoms with E-state index in [0.717, 1.165) is 24.3 Å². The average Bonchev–Trinajstić information content (AvgIpc) is 3.53. The van der Waals surface area contributed by atoms with E-state index in [0.29, 0.717) is 0 Å². The SMILES string of the molecule is [C-]#[N+]/C(C#N)=c1/c2c(/c(=C(\C#N)[N+]#[C-])c3c1-c1c([N+](=O)[O-])ccc([N+](=O)[O-])c1C3)-c1c([N+](=O)[O-])ccc([N+](=O)[O-])c1C2. The average molecular weight is 560 g/mol. The van der Waals surface area contributed by atoms with Crippen molar-refractivity contribution >= 4 is 34.1 Å². The molecule has 0 saturated carbocycles. The van der Waals surface area contributed by atoms with Gasteiger partial charge in [-0.2, -0.15) is 0 Å². The van der Waals surface area contributed by atoms with Crippen LogP contribution in [0.1, 0.15) is 22.3 Å². The molecule has 2 aliphatic rings. The van der Waals surface area contributed by atoms with Gasteiger partial charge in [-0.05, 0) is 22.3 Å². The number of nitro groups is 4. The molecule has 3 aromatic carbocycles. The first-order valence-electron chi connectivity index (χ1n) is 11.4. The molecular weight excluding hydrogens is 552 g/mol. The molecule has 16 nitrogen and oxygen atoms in total. The molecule has 0 saturated heterocycles. The molecule has 3 aromatic rings. The van der Waals surface area contributed by atoms with E-state index in [4.69, 9.17) is 13.1 Å². The van der Waals surface area contributed by atoms with Crippen LogP contribution in [-0.2, 0) is 12.8 Å². The van der Waals surface area contributed by atoms with Crippen LogP contribution in [0.5, 0.6) is 0 Å². The van der Waals surface area contributed by atoms with Gasteiger partial charge in [-0.25, -0.2) is 20.2 Å². The lowest BCUT2D eigenvalue weighted by Crippen LogP contribution is -2.26. The lowest BCUT2D eigenvalue weighted by molar-refractivity contribution is -0.389. The molecule has 0 aromatic heterocycles. The van der Waals surface area contributed by atoms with Crippen LogP contribution in [-0.4, -0.2) is 19.7 Å².